The molecule has 0 aliphatic heterocycles. The maximum atomic E-state index is 12.1. The molecule has 24 heavy (non-hydrogen) atoms. The van der Waals surface area contributed by atoms with Gasteiger partial charge in [-0.05, 0) is 50.1 Å². The Hall–Kier alpha value is -2.95. The Morgan fingerprint density at radius 2 is 1.83 bits per heavy atom. The van der Waals surface area contributed by atoms with E-state index in [1.165, 1.54) is 0 Å². The summed E-state index contributed by atoms with van der Waals surface area (Å²) in [5.74, 6) is 0.538. The second-order valence-corrected chi connectivity index (χ2v) is 5.66. The van der Waals surface area contributed by atoms with E-state index in [4.69, 9.17) is 0 Å². The van der Waals surface area contributed by atoms with E-state index in [9.17, 15) is 4.79 Å². The van der Waals surface area contributed by atoms with E-state index < -0.39 is 0 Å². The van der Waals surface area contributed by atoms with Gasteiger partial charge in [-0.3, -0.25) is 4.79 Å². The predicted molar refractivity (Wildman–Crippen MR) is 94.2 cm³/mol. The van der Waals surface area contributed by atoms with Gasteiger partial charge in [0.2, 0.25) is 5.91 Å². The first-order valence-corrected chi connectivity index (χ1v) is 7.96. The maximum Gasteiger partial charge on any atom is 0.225 e. The number of anilines is 1. The van der Waals surface area contributed by atoms with Crippen molar-refractivity contribution in [2.24, 2.45) is 0 Å². The molecule has 122 valence electrons. The zero-order chi connectivity index (χ0) is 16.9. The van der Waals surface area contributed by atoms with Crippen LogP contribution in [0.2, 0.25) is 0 Å². The van der Waals surface area contributed by atoms with Gasteiger partial charge in [0.25, 0.3) is 0 Å². The highest BCUT2D eigenvalue weighted by Gasteiger charge is 2.14. The van der Waals surface area contributed by atoms with E-state index in [1.807, 2.05) is 61.0 Å². The number of benzene rings is 1. The van der Waals surface area contributed by atoms with Crippen LogP contribution >= 0.6 is 0 Å². The van der Waals surface area contributed by atoms with Gasteiger partial charge in [0.1, 0.15) is 5.82 Å². The number of carbonyl (C=O) groups is 1. The Labute approximate surface area is 141 Å². The quantitative estimate of drug-likeness (QED) is 0.783. The first-order chi connectivity index (χ1) is 11.6. The van der Waals surface area contributed by atoms with Crippen molar-refractivity contribution < 1.29 is 4.79 Å². The topological polar surface area (TPSA) is 59.8 Å². The predicted octanol–water partition coefficient (Wildman–Crippen LogP) is 3.46. The normalized spacial score (nSPS) is 10.6. The highest BCUT2D eigenvalue weighted by Crippen LogP contribution is 2.19. The number of aromatic nitrogens is 3. The van der Waals surface area contributed by atoms with Gasteiger partial charge < -0.3 is 5.32 Å². The Morgan fingerprint density at radius 3 is 2.54 bits per heavy atom. The number of para-hydroxylation sites is 1. The fraction of sp³-hybridized carbons (Fsp3) is 0.211. The molecule has 5 heteroatoms. The fourth-order valence-corrected chi connectivity index (χ4v) is 2.74. The molecule has 0 radical (unpaired) electrons. The molecule has 0 bridgehead atoms. The van der Waals surface area contributed by atoms with Crippen molar-refractivity contribution in [2.45, 2.75) is 26.7 Å². The number of amides is 1. The fourth-order valence-electron chi connectivity index (χ4n) is 2.74. The van der Waals surface area contributed by atoms with Crippen LogP contribution in [0.4, 0.5) is 5.82 Å². The second kappa shape index (κ2) is 7.08. The third-order valence-electron chi connectivity index (χ3n) is 3.98. The van der Waals surface area contributed by atoms with Gasteiger partial charge in [0.15, 0.2) is 0 Å². The highest BCUT2D eigenvalue weighted by molar-refractivity contribution is 5.89. The summed E-state index contributed by atoms with van der Waals surface area (Å²) in [5, 5.41) is 7.43. The van der Waals surface area contributed by atoms with Crippen LogP contribution in [0.3, 0.4) is 0 Å². The maximum absolute atomic E-state index is 12.1. The highest BCUT2D eigenvalue weighted by atomic mass is 16.1. The molecule has 0 atom stereocenters. The van der Waals surface area contributed by atoms with Crippen LogP contribution in [0.25, 0.3) is 5.69 Å². The lowest BCUT2D eigenvalue weighted by atomic mass is 10.1. The van der Waals surface area contributed by atoms with E-state index >= 15 is 0 Å². The van der Waals surface area contributed by atoms with Gasteiger partial charge in [0, 0.05) is 18.3 Å². The molecule has 0 aliphatic carbocycles. The van der Waals surface area contributed by atoms with Gasteiger partial charge in [0.05, 0.1) is 11.4 Å². The van der Waals surface area contributed by atoms with Crippen molar-refractivity contribution in [3.05, 3.63) is 71.7 Å². The van der Waals surface area contributed by atoms with E-state index in [2.05, 4.69) is 15.4 Å². The summed E-state index contributed by atoms with van der Waals surface area (Å²) in [5.41, 5.74) is 4.18. The van der Waals surface area contributed by atoms with Gasteiger partial charge >= 0.3 is 0 Å². The van der Waals surface area contributed by atoms with Crippen molar-refractivity contribution in [2.75, 3.05) is 5.32 Å². The van der Waals surface area contributed by atoms with Crippen LogP contribution in [0.1, 0.15) is 23.4 Å². The smallest absolute Gasteiger partial charge is 0.225 e. The SMILES string of the molecule is Cc1nn(-c2ccccc2)c(C)c1CCC(=O)Nc1ccccn1. The summed E-state index contributed by atoms with van der Waals surface area (Å²) in [4.78, 5) is 16.2. The lowest BCUT2D eigenvalue weighted by molar-refractivity contribution is -0.116. The van der Waals surface area contributed by atoms with Crippen molar-refractivity contribution in [1.29, 1.82) is 0 Å². The van der Waals surface area contributed by atoms with Gasteiger partial charge in [-0.25, -0.2) is 9.67 Å². The molecule has 5 nitrogen and oxygen atoms in total. The first-order valence-electron chi connectivity index (χ1n) is 7.96. The molecule has 0 fully saturated rings. The molecule has 0 spiro atoms. The molecule has 0 saturated carbocycles. The number of carbonyl (C=O) groups excluding carboxylic acids is 1. The van der Waals surface area contributed by atoms with Crippen LogP contribution in [0, 0.1) is 13.8 Å². The Morgan fingerprint density at radius 1 is 1.08 bits per heavy atom. The molecule has 1 amide bonds. The van der Waals surface area contributed by atoms with E-state index in [1.54, 1.807) is 12.3 Å². The minimum atomic E-state index is -0.0417. The molecule has 0 saturated heterocycles. The lowest BCUT2D eigenvalue weighted by Gasteiger charge is -2.06. The number of aryl methyl sites for hydroxylation is 1. The Kier molecular flexibility index (Phi) is 4.70. The Balaban J connectivity index is 1.70. The van der Waals surface area contributed by atoms with Crippen LogP contribution in [0.5, 0.6) is 0 Å². The van der Waals surface area contributed by atoms with E-state index in [0.29, 0.717) is 18.7 Å². The van der Waals surface area contributed by atoms with Crippen molar-refractivity contribution >= 4 is 11.7 Å². The molecule has 3 rings (SSSR count). The zero-order valence-corrected chi connectivity index (χ0v) is 13.9. The summed E-state index contributed by atoms with van der Waals surface area (Å²) in [7, 11) is 0. The van der Waals surface area contributed by atoms with Gasteiger partial charge in [-0.2, -0.15) is 5.10 Å². The van der Waals surface area contributed by atoms with Crippen LogP contribution in [0.15, 0.2) is 54.7 Å². The first kappa shape index (κ1) is 15.9. The van der Waals surface area contributed by atoms with E-state index in [0.717, 1.165) is 22.6 Å². The minimum absolute atomic E-state index is 0.0417. The third-order valence-corrected chi connectivity index (χ3v) is 3.98. The number of pyridine rings is 1. The summed E-state index contributed by atoms with van der Waals surface area (Å²) < 4.78 is 1.93. The molecule has 3 aromatic rings. The number of rotatable bonds is 5. The molecule has 1 N–H and O–H groups in total. The third kappa shape index (κ3) is 3.51. The molecule has 0 unspecified atom stereocenters. The van der Waals surface area contributed by atoms with Crippen molar-refractivity contribution in [3.8, 4) is 5.69 Å². The van der Waals surface area contributed by atoms with Crippen molar-refractivity contribution in [1.82, 2.24) is 14.8 Å². The monoisotopic (exact) mass is 320 g/mol. The average Bonchev–Trinajstić information content (AvgIpc) is 2.89. The molecule has 2 aromatic heterocycles. The summed E-state index contributed by atoms with van der Waals surface area (Å²) in [6, 6.07) is 15.5. The number of nitrogens with one attached hydrogen (secondary N) is 1. The van der Waals surface area contributed by atoms with E-state index in [-0.39, 0.29) is 5.91 Å². The molecule has 1 aromatic carbocycles. The molecular formula is C19H20N4O. The second-order valence-electron chi connectivity index (χ2n) is 5.66. The number of nitrogens with zero attached hydrogens (tertiary/aromatic N) is 3. The molecule has 2 heterocycles. The standard InChI is InChI=1S/C19H20N4O/c1-14-17(11-12-19(24)21-18-10-6-7-13-20-18)15(2)23(22-14)16-8-4-3-5-9-16/h3-10,13H,11-12H2,1-2H3,(H,20,21,24). The Bertz CT molecular complexity index is 825. The van der Waals surface area contributed by atoms with Crippen LogP contribution in [-0.4, -0.2) is 20.7 Å². The van der Waals surface area contributed by atoms with Crippen molar-refractivity contribution in [3.63, 3.8) is 0 Å². The lowest BCUT2D eigenvalue weighted by Crippen LogP contribution is -2.13. The van der Waals surface area contributed by atoms with Crippen LogP contribution < -0.4 is 5.32 Å². The summed E-state index contributed by atoms with van der Waals surface area (Å²) in [6.07, 6.45) is 2.72. The summed E-state index contributed by atoms with van der Waals surface area (Å²) >= 11 is 0. The molecule has 0 aliphatic rings. The van der Waals surface area contributed by atoms with Crippen LogP contribution in [-0.2, 0) is 11.2 Å². The largest absolute Gasteiger partial charge is 0.311 e. The van der Waals surface area contributed by atoms with Gasteiger partial charge in [-0.1, -0.05) is 24.3 Å². The average molecular weight is 320 g/mol. The molecular weight excluding hydrogens is 300 g/mol. The van der Waals surface area contributed by atoms with Gasteiger partial charge in [-0.15, -0.1) is 0 Å². The summed E-state index contributed by atoms with van der Waals surface area (Å²) in [6.45, 7) is 4.03. The minimum Gasteiger partial charge on any atom is -0.311 e. The zero-order valence-electron chi connectivity index (χ0n) is 13.9. The number of hydrogen-bond acceptors (Lipinski definition) is 3. The number of hydrogen-bond donors (Lipinski definition) is 1.